The van der Waals surface area contributed by atoms with Crippen LogP contribution in [0.25, 0.3) is 10.9 Å². The van der Waals surface area contributed by atoms with E-state index >= 15 is 0 Å². The van der Waals surface area contributed by atoms with E-state index in [1.54, 1.807) is 7.11 Å². The highest BCUT2D eigenvalue weighted by Crippen LogP contribution is 2.43. The van der Waals surface area contributed by atoms with Gasteiger partial charge in [-0.05, 0) is 85.4 Å². The maximum Gasteiger partial charge on any atom is 0.129 e. The molecule has 0 radical (unpaired) electrons. The Morgan fingerprint density at radius 2 is 1.83 bits per heavy atom. The van der Waals surface area contributed by atoms with E-state index in [9.17, 15) is 5.11 Å². The monoisotopic (exact) mass is 485 g/mol. The molecular formula is C31H39N3O2. The maximum atomic E-state index is 11.9. The van der Waals surface area contributed by atoms with Gasteiger partial charge in [-0.1, -0.05) is 43.7 Å². The molecule has 1 N–H and O–H groups in total. The quantitative estimate of drug-likeness (QED) is 0.480. The van der Waals surface area contributed by atoms with Crippen LogP contribution in [0.15, 0.2) is 54.6 Å². The van der Waals surface area contributed by atoms with Crippen LogP contribution in [-0.2, 0) is 0 Å². The second-order valence-corrected chi connectivity index (χ2v) is 11.1. The highest BCUT2D eigenvalue weighted by Gasteiger charge is 2.42. The molecule has 36 heavy (non-hydrogen) atoms. The molecule has 0 amide bonds. The Balaban J connectivity index is 1.30. The Labute approximate surface area is 215 Å². The summed E-state index contributed by atoms with van der Waals surface area (Å²) in [6.45, 7) is 6.51. The lowest BCUT2D eigenvalue weighted by Crippen LogP contribution is -2.55. The number of rotatable bonds is 6. The molecule has 2 aromatic carbocycles. The molecule has 0 spiro atoms. The van der Waals surface area contributed by atoms with Gasteiger partial charge >= 0.3 is 0 Å². The first-order valence-corrected chi connectivity index (χ1v) is 13.8. The number of methoxy groups -OCH3 is 1. The first-order chi connectivity index (χ1) is 17.6. The van der Waals surface area contributed by atoms with Gasteiger partial charge in [0.15, 0.2) is 0 Å². The van der Waals surface area contributed by atoms with Crippen molar-refractivity contribution in [2.45, 2.75) is 57.1 Å². The van der Waals surface area contributed by atoms with Gasteiger partial charge < -0.3 is 14.7 Å². The third-order valence-corrected chi connectivity index (χ3v) is 9.27. The van der Waals surface area contributed by atoms with Crippen LogP contribution in [0.1, 0.15) is 62.2 Å². The molecule has 5 atom stereocenters. The molecule has 1 unspecified atom stereocenters. The van der Waals surface area contributed by atoms with Crippen molar-refractivity contribution in [2.75, 3.05) is 38.2 Å². The second-order valence-electron chi connectivity index (χ2n) is 11.1. The standard InChI is InChI=1S/C31H39N3O2/c1-3-21-20-34-16-13-24(21)17-29(34)31(35)27-19-30(32-28-10-9-25(36-2)18-26(27)28)33-14-11-23(12-15-33)22-7-5-4-6-8-22/h4-10,18-19,21,23-24,29,31,35H,3,11-17,20H2,1-2H3/t21-,24+,29-,31+/m0/s1. The van der Waals surface area contributed by atoms with Gasteiger partial charge in [-0.2, -0.15) is 0 Å². The lowest BCUT2D eigenvalue weighted by atomic mass is 9.72. The summed E-state index contributed by atoms with van der Waals surface area (Å²) in [6.07, 6.45) is 5.33. The molecule has 4 saturated heterocycles. The van der Waals surface area contributed by atoms with Gasteiger partial charge in [-0.15, -0.1) is 0 Å². The number of fused-ring (bicyclic) bond motifs is 4. The molecule has 4 aliphatic heterocycles. The average Bonchev–Trinajstić information content (AvgIpc) is 2.96. The topological polar surface area (TPSA) is 48.8 Å². The minimum Gasteiger partial charge on any atom is -0.497 e. The molecule has 4 aliphatic rings. The smallest absolute Gasteiger partial charge is 0.129 e. The van der Waals surface area contributed by atoms with E-state index < -0.39 is 6.10 Å². The Bertz CT molecular complexity index is 1190. The fourth-order valence-electron chi connectivity index (χ4n) is 7.10. The molecule has 5 heterocycles. The van der Waals surface area contributed by atoms with Crippen molar-refractivity contribution in [3.8, 4) is 5.75 Å². The summed E-state index contributed by atoms with van der Waals surface area (Å²) in [5.74, 6) is 3.92. The summed E-state index contributed by atoms with van der Waals surface area (Å²) in [7, 11) is 1.70. The van der Waals surface area contributed by atoms with Crippen LogP contribution >= 0.6 is 0 Å². The van der Waals surface area contributed by atoms with E-state index in [0.29, 0.717) is 5.92 Å². The van der Waals surface area contributed by atoms with Crippen LogP contribution < -0.4 is 9.64 Å². The highest BCUT2D eigenvalue weighted by atomic mass is 16.5. The minimum atomic E-state index is -0.524. The number of piperidine rings is 4. The number of hydrogen-bond acceptors (Lipinski definition) is 5. The second kappa shape index (κ2) is 10.0. The van der Waals surface area contributed by atoms with Gasteiger partial charge in [0, 0.05) is 31.1 Å². The molecule has 5 nitrogen and oxygen atoms in total. The van der Waals surface area contributed by atoms with E-state index in [1.165, 1.54) is 18.4 Å². The van der Waals surface area contributed by atoms with Gasteiger partial charge in [0.05, 0.1) is 18.7 Å². The minimum absolute atomic E-state index is 0.181. The van der Waals surface area contributed by atoms with Crippen molar-refractivity contribution in [1.29, 1.82) is 0 Å². The third-order valence-electron chi connectivity index (χ3n) is 9.27. The van der Waals surface area contributed by atoms with Crippen molar-refractivity contribution >= 4 is 16.7 Å². The van der Waals surface area contributed by atoms with Crippen LogP contribution in [0.2, 0.25) is 0 Å². The number of nitrogens with zero attached hydrogens (tertiary/aromatic N) is 3. The average molecular weight is 486 g/mol. The number of benzene rings is 2. The van der Waals surface area contributed by atoms with Gasteiger partial charge in [0.25, 0.3) is 0 Å². The number of hydrogen-bond donors (Lipinski definition) is 1. The Morgan fingerprint density at radius 1 is 1.03 bits per heavy atom. The van der Waals surface area contributed by atoms with Gasteiger partial charge in [-0.3, -0.25) is 4.90 Å². The zero-order valence-corrected chi connectivity index (χ0v) is 21.6. The summed E-state index contributed by atoms with van der Waals surface area (Å²) in [5.41, 5.74) is 3.39. The van der Waals surface area contributed by atoms with Crippen LogP contribution in [0.5, 0.6) is 5.75 Å². The zero-order chi connectivity index (χ0) is 24.6. The molecule has 7 rings (SSSR count). The van der Waals surface area contributed by atoms with Gasteiger partial charge in [-0.25, -0.2) is 4.98 Å². The van der Waals surface area contributed by atoms with Crippen molar-refractivity contribution < 1.29 is 9.84 Å². The molecule has 0 aliphatic carbocycles. The SMILES string of the molecule is CC[C@H]1CN2CC[C@@H]1C[C@H]2[C@H](O)c1cc(N2CCC(c3ccccc3)CC2)nc2ccc(OC)cc12. The largest absolute Gasteiger partial charge is 0.497 e. The zero-order valence-electron chi connectivity index (χ0n) is 21.6. The molecule has 5 heteroatoms. The van der Waals surface area contributed by atoms with E-state index in [-0.39, 0.29) is 6.04 Å². The Kier molecular flexibility index (Phi) is 6.61. The number of pyridine rings is 1. The predicted octanol–water partition coefficient (Wildman–Crippen LogP) is 5.78. The Morgan fingerprint density at radius 3 is 2.53 bits per heavy atom. The summed E-state index contributed by atoms with van der Waals surface area (Å²) < 4.78 is 5.55. The molecule has 3 aromatic rings. The van der Waals surface area contributed by atoms with E-state index in [1.807, 2.05) is 12.1 Å². The summed E-state index contributed by atoms with van der Waals surface area (Å²) in [6, 6.07) is 19.3. The fourth-order valence-corrected chi connectivity index (χ4v) is 7.10. The maximum absolute atomic E-state index is 11.9. The van der Waals surface area contributed by atoms with Gasteiger partial charge in [0.2, 0.25) is 0 Å². The number of aliphatic hydroxyl groups is 1. The van der Waals surface area contributed by atoms with Crippen molar-refractivity contribution in [2.24, 2.45) is 11.8 Å². The predicted molar refractivity (Wildman–Crippen MR) is 146 cm³/mol. The molecule has 4 fully saturated rings. The summed E-state index contributed by atoms with van der Waals surface area (Å²) >= 11 is 0. The van der Waals surface area contributed by atoms with E-state index in [0.717, 1.165) is 85.3 Å². The normalized spacial score (nSPS) is 27.4. The third kappa shape index (κ3) is 4.37. The van der Waals surface area contributed by atoms with E-state index in [2.05, 4.69) is 59.2 Å². The molecule has 190 valence electrons. The number of anilines is 1. The fraction of sp³-hybridized carbons (Fsp3) is 0.516. The van der Waals surface area contributed by atoms with Gasteiger partial charge in [0.1, 0.15) is 11.6 Å². The number of ether oxygens (including phenoxy) is 1. The first-order valence-electron chi connectivity index (χ1n) is 13.8. The van der Waals surface area contributed by atoms with Crippen LogP contribution in [-0.4, -0.2) is 54.3 Å². The lowest BCUT2D eigenvalue weighted by molar-refractivity contribution is -0.0562. The van der Waals surface area contributed by atoms with Crippen LogP contribution in [0, 0.1) is 11.8 Å². The van der Waals surface area contributed by atoms with Crippen LogP contribution in [0.3, 0.4) is 0 Å². The van der Waals surface area contributed by atoms with Crippen molar-refractivity contribution in [3.05, 3.63) is 65.7 Å². The highest BCUT2D eigenvalue weighted by molar-refractivity contribution is 5.86. The molecule has 1 aromatic heterocycles. The van der Waals surface area contributed by atoms with Crippen molar-refractivity contribution in [1.82, 2.24) is 9.88 Å². The summed E-state index contributed by atoms with van der Waals surface area (Å²) in [4.78, 5) is 10.0. The number of aromatic nitrogens is 1. The van der Waals surface area contributed by atoms with Crippen molar-refractivity contribution in [3.63, 3.8) is 0 Å². The number of aliphatic hydroxyl groups excluding tert-OH is 1. The lowest BCUT2D eigenvalue weighted by Gasteiger charge is -2.51. The molecular weight excluding hydrogens is 446 g/mol. The van der Waals surface area contributed by atoms with E-state index in [4.69, 9.17) is 9.72 Å². The summed E-state index contributed by atoms with van der Waals surface area (Å²) in [5, 5.41) is 12.9. The first kappa shape index (κ1) is 23.7. The molecule has 0 saturated carbocycles. The van der Waals surface area contributed by atoms with Crippen LogP contribution in [0.4, 0.5) is 5.82 Å². The molecule has 2 bridgehead atoms. The Hall–Kier alpha value is -2.63.